The monoisotopic (exact) mass is 303 g/mol. The number of benzene rings is 1. The van der Waals surface area contributed by atoms with Gasteiger partial charge in [-0.1, -0.05) is 6.07 Å². The van der Waals surface area contributed by atoms with Gasteiger partial charge in [0.15, 0.2) is 0 Å². The van der Waals surface area contributed by atoms with Crippen molar-refractivity contribution in [3.63, 3.8) is 0 Å². The number of carbonyl (C=O) groups is 1. The molecule has 0 unspecified atom stereocenters. The number of aliphatic hydroxyl groups is 2. The Morgan fingerprint density at radius 2 is 2.32 bits per heavy atom. The lowest BCUT2D eigenvalue weighted by molar-refractivity contribution is -0.145. The highest BCUT2D eigenvalue weighted by molar-refractivity contribution is 5.82. The van der Waals surface area contributed by atoms with E-state index in [0.717, 1.165) is 22.4 Å². The fourth-order valence-electron chi connectivity index (χ4n) is 2.83. The molecule has 1 aliphatic heterocycles. The van der Waals surface area contributed by atoms with Crippen molar-refractivity contribution in [3.05, 3.63) is 29.6 Å². The second kappa shape index (κ2) is 5.37. The quantitative estimate of drug-likeness (QED) is 0.764. The van der Waals surface area contributed by atoms with Crippen LogP contribution in [0.15, 0.2) is 18.2 Å². The van der Waals surface area contributed by atoms with E-state index in [4.69, 9.17) is 0 Å². The van der Waals surface area contributed by atoms with Crippen molar-refractivity contribution < 1.29 is 15.0 Å². The minimum atomic E-state index is -1.11. The van der Waals surface area contributed by atoms with Crippen molar-refractivity contribution >= 4 is 16.9 Å². The summed E-state index contributed by atoms with van der Waals surface area (Å²) >= 11 is 0. The Labute approximate surface area is 128 Å². The zero-order chi connectivity index (χ0) is 15.9. The number of hydrogen-bond acceptors (Lipinski definition) is 4. The van der Waals surface area contributed by atoms with Gasteiger partial charge in [0.25, 0.3) is 0 Å². The van der Waals surface area contributed by atoms with Crippen LogP contribution in [0.2, 0.25) is 0 Å². The number of nitrogens with one attached hydrogen (secondary N) is 1. The van der Waals surface area contributed by atoms with Crippen LogP contribution in [0, 0.1) is 6.92 Å². The maximum absolute atomic E-state index is 12.4. The number of fused-ring (bicyclic) bond motifs is 1. The zero-order valence-electron chi connectivity index (χ0n) is 12.8. The highest BCUT2D eigenvalue weighted by atomic mass is 16.3. The average Bonchev–Trinajstić information content (AvgIpc) is 2.81. The number of aryl methyl sites for hydroxylation is 1. The number of aliphatic hydroxyl groups excluding tert-OH is 1. The highest BCUT2D eigenvalue weighted by Crippen LogP contribution is 2.23. The molecule has 1 fully saturated rings. The summed E-state index contributed by atoms with van der Waals surface area (Å²) in [6.45, 7) is 4.14. The Hall–Kier alpha value is -1.92. The first kappa shape index (κ1) is 15.0. The van der Waals surface area contributed by atoms with Crippen molar-refractivity contribution in [1.82, 2.24) is 14.9 Å². The lowest BCUT2D eigenvalue weighted by Crippen LogP contribution is -2.55. The van der Waals surface area contributed by atoms with Crippen molar-refractivity contribution in [2.45, 2.75) is 38.4 Å². The molecule has 0 radical (unpaired) electrons. The molecule has 6 nitrogen and oxygen atoms in total. The molecule has 118 valence electrons. The Balaban J connectivity index is 1.70. The summed E-state index contributed by atoms with van der Waals surface area (Å²) in [7, 11) is 0. The molecule has 2 heterocycles. The second-order valence-electron chi connectivity index (χ2n) is 6.31. The normalized spacial score (nSPS) is 25.6. The van der Waals surface area contributed by atoms with Crippen LogP contribution in [0.25, 0.3) is 11.0 Å². The Kier molecular flexibility index (Phi) is 3.66. The van der Waals surface area contributed by atoms with Crippen LogP contribution in [0.3, 0.4) is 0 Å². The molecule has 1 amide bonds. The molecule has 1 aromatic carbocycles. The van der Waals surface area contributed by atoms with Gasteiger partial charge >= 0.3 is 0 Å². The number of nitrogens with zero attached hydrogens (tertiary/aromatic N) is 2. The van der Waals surface area contributed by atoms with Crippen LogP contribution in [0.4, 0.5) is 0 Å². The highest BCUT2D eigenvalue weighted by Gasteiger charge is 2.37. The van der Waals surface area contributed by atoms with E-state index in [-0.39, 0.29) is 18.9 Å². The molecule has 0 saturated carbocycles. The Morgan fingerprint density at radius 1 is 1.55 bits per heavy atom. The molecule has 1 saturated heterocycles. The van der Waals surface area contributed by atoms with Crippen molar-refractivity contribution in [2.75, 3.05) is 13.1 Å². The molecule has 0 bridgehead atoms. The van der Waals surface area contributed by atoms with Gasteiger partial charge < -0.3 is 20.1 Å². The molecule has 2 aromatic rings. The number of amides is 1. The van der Waals surface area contributed by atoms with Crippen LogP contribution >= 0.6 is 0 Å². The fourth-order valence-corrected chi connectivity index (χ4v) is 2.83. The number of rotatable bonds is 2. The lowest BCUT2D eigenvalue weighted by Gasteiger charge is -2.40. The van der Waals surface area contributed by atoms with Crippen LogP contribution in [-0.4, -0.2) is 55.8 Å². The van der Waals surface area contributed by atoms with E-state index in [1.165, 1.54) is 0 Å². The van der Waals surface area contributed by atoms with Gasteiger partial charge in [-0.3, -0.25) is 4.79 Å². The zero-order valence-corrected chi connectivity index (χ0v) is 12.8. The smallest absolute Gasteiger partial charge is 0.227 e. The third kappa shape index (κ3) is 2.84. The molecule has 3 rings (SSSR count). The van der Waals surface area contributed by atoms with Gasteiger partial charge in [0.05, 0.1) is 29.2 Å². The summed E-state index contributed by atoms with van der Waals surface area (Å²) in [6, 6.07) is 5.73. The molecule has 1 aliphatic rings. The number of hydrogen-bond donors (Lipinski definition) is 3. The van der Waals surface area contributed by atoms with E-state index >= 15 is 0 Å². The topological polar surface area (TPSA) is 89.5 Å². The molecule has 6 heteroatoms. The fraction of sp³-hybridized carbons (Fsp3) is 0.500. The molecule has 1 aromatic heterocycles. The second-order valence-corrected chi connectivity index (χ2v) is 6.31. The van der Waals surface area contributed by atoms with E-state index in [9.17, 15) is 15.0 Å². The summed E-state index contributed by atoms with van der Waals surface area (Å²) in [5.74, 6) is 0.810. The molecular weight excluding hydrogens is 282 g/mol. The molecule has 0 aliphatic carbocycles. The maximum Gasteiger partial charge on any atom is 0.227 e. The van der Waals surface area contributed by atoms with Crippen LogP contribution in [-0.2, 0) is 11.2 Å². The minimum Gasteiger partial charge on any atom is -0.388 e. The summed E-state index contributed by atoms with van der Waals surface area (Å²) < 4.78 is 0. The predicted octanol–water partition coefficient (Wildman–Crippen LogP) is 0.758. The first-order valence-corrected chi connectivity index (χ1v) is 7.48. The molecule has 3 N–H and O–H groups in total. The Morgan fingerprint density at radius 3 is 3.05 bits per heavy atom. The number of aromatic nitrogens is 2. The summed E-state index contributed by atoms with van der Waals surface area (Å²) in [5, 5.41) is 19.9. The van der Waals surface area contributed by atoms with E-state index in [1.807, 2.05) is 25.1 Å². The van der Waals surface area contributed by atoms with E-state index in [1.54, 1.807) is 11.8 Å². The molecule has 2 atom stereocenters. The molecule has 22 heavy (non-hydrogen) atoms. The van der Waals surface area contributed by atoms with Crippen LogP contribution in [0.5, 0.6) is 0 Å². The van der Waals surface area contributed by atoms with E-state index in [2.05, 4.69) is 9.97 Å². The molecule has 0 spiro atoms. The summed E-state index contributed by atoms with van der Waals surface area (Å²) in [5.41, 5.74) is 1.61. The first-order chi connectivity index (χ1) is 10.3. The number of β-amino-alcohol motifs (C(OH)–C–C–N with tert-alkyl or cyclic N) is 1. The summed E-state index contributed by atoms with van der Waals surface area (Å²) in [6.07, 6.45) is -0.232. The standard InChI is InChI=1S/C16H21N3O3/c1-10-17-12-4-3-11(7-13(12)18-10)8-15(21)19-6-5-16(2,22)14(20)9-19/h3-4,7,14,20,22H,5-6,8-9H2,1-2H3,(H,17,18)/t14-,16+/m0/s1. The number of carbonyl (C=O) groups excluding carboxylic acids is 1. The first-order valence-electron chi connectivity index (χ1n) is 7.48. The third-order valence-electron chi connectivity index (χ3n) is 4.37. The number of H-pyrrole nitrogens is 1. The van der Waals surface area contributed by atoms with Gasteiger partial charge in [0, 0.05) is 13.1 Å². The van der Waals surface area contributed by atoms with Gasteiger partial charge in [-0.25, -0.2) is 4.98 Å². The van der Waals surface area contributed by atoms with Gasteiger partial charge in [-0.05, 0) is 38.0 Å². The van der Waals surface area contributed by atoms with Crippen LogP contribution in [0.1, 0.15) is 24.7 Å². The van der Waals surface area contributed by atoms with E-state index in [0.29, 0.717) is 13.0 Å². The maximum atomic E-state index is 12.4. The van der Waals surface area contributed by atoms with Crippen molar-refractivity contribution in [2.24, 2.45) is 0 Å². The van der Waals surface area contributed by atoms with Crippen molar-refractivity contribution in [3.8, 4) is 0 Å². The van der Waals surface area contributed by atoms with Gasteiger partial charge in [0.1, 0.15) is 5.82 Å². The molecular formula is C16H21N3O3. The Bertz CT molecular complexity index is 708. The van der Waals surface area contributed by atoms with E-state index < -0.39 is 11.7 Å². The minimum absolute atomic E-state index is 0.0369. The number of imidazole rings is 1. The number of aromatic amines is 1. The number of piperidine rings is 1. The predicted molar refractivity (Wildman–Crippen MR) is 82.4 cm³/mol. The average molecular weight is 303 g/mol. The van der Waals surface area contributed by atoms with Gasteiger partial charge in [0.2, 0.25) is 5.91 Å². The SMILES string of the molecule is Cc1nc2ccc(CC(=O)N3CC[C@@](C)(O)[C@@H](O)C3)cc2[nH]1. The van der Waals surface area contributed by atoms with Crippen molar-refractivity contribution in [1.29, 1.82) is 0 Å². The lowest BCUT2D eigenvalue weighted by atomic mass is 9.90. The van der Waals surface area contributed by atoms with Gasteiger partial charge in [-0.15, -0.1) is 0 Å². The third-order valence-corrected chi connectivity index (χ3v) is 4.37. The largest absolute Gasteiger partial charge is 0.388 e. The summed E-state index contributed by atoms with van der Waals surface area (Å²) in [4.78, 5) is 21.5. The van der Waals surface area contributed by atoms with Crippen LogP contribution < -0.4 is 0 Å². The van der Waals surface area contributed by atoms with Gasteiger partial charge in [-0.2, -0.15) is 0 Å². The number of likely N-dealkylation sites (tertiary alicyclic amines) is 1.